The largest absolute Gasteiger partial charge is 0.325 e. The van der Waals surface area contributed by atoms with Gasteiger partial charge in [0.2, 0.25) is 0 Å². The smallest absolute Gasteiger partial charge is 0.255 e. The molecule has 3 nitrogen and oxygen atoms in total. The summed E-state index contributed by atoms with van der Waals surface area (Å²) in [5.74, 6) is 0.341. The van der Waals surface area contributed by atoms with Crippen LogP contribution >= 0.6 is 11.8 Å². The first-order valence-corrected chi connectivity index (χ1v) is 6.22. The van der Waals surface area contributed by atoms with Crippen LogP contribution in [0.15, 0.2) is 29.2 Å². The number of ketones is 1. The van der Waals surface area contributed by atoms with Crippen molar-refractivity contribution in [2.45, 2.75) is 23.1 Å². The fraction of sp³-hybridized carbons (Fsp3) is 0.333. The zero-order valence-corrected chi connectivity index (χ0v) is 9.50. The van der Waals surface area contributed by atoms with Crippen LogP contribution in [0.3, 0.4) is 0 Å². The van der Waals surface area contributed by atoms with Gasteiger partial charge in [0.15, 0.2) is 0 Å². The van der Waals surface area contributed by atoms with E-state index in [-0.39, 0.29) is 17.1 Å². The number of nitrogens with zero attached hydrogens (tertiary/aromatic N) is 1. The number of carbonyl (C=O) groups is 2. The van der Waals surface area contributed by atoms with Gasteiger partial charge >= 0.3 is 0 Å². The molecule has 1 atom stereocenters. The predicted molar refractivity (Wildman–Crippen MR) is 61.4 cm³/mol. The van der Waals surface area contributed by atoms with Crippen molar-refractivity contribution in [1.29, 1.82) is 0 Å². The van der Waals surface area contributed by atoms with Gasteiger partial charge in [0.05, 0.1) is 10.9 Å². The Balaban J connectivity index is 2.00. The van der Waals surface area contributed by atoms with Crippen LogP contribution in [0.2, 0.25) is 0 Å². The molecule has 3 rings (SSSR count). The fourth-order valence-corrected chi connectivity index (χ4v) is 3.51. The van der Waals surface area contributed by atoms with E-state index in [9.17, 15) is 9.59 Å². The van der Waals surface area contributed by atoms with Crippen molar-refractivity contribution >= 4 is 23.5 Å². The topological polar surface area (TPSA) is 37.4 Å². The van der Waals surface area contributed by atoms with E-state index in [0.717, 1.165) is 10.5 Å². The molecule has 16 heavy (non-hydrogen) atoms. The molecule has 0 N–H and O–H groups in total. The molecule has 1 saturated heterocycles. The third kappa shape index (κ3) is 1.45. The highest BCUT2D eigenvalue weighted by atomic mass is 32.2. The molecule has 1 aromatic carbocycles. The van der Waals surface area contributed by atoms with Crippen LogP contribution in [-0.4, -0.2) is 28.5 Å². The minimum Gasteiger partial charge on any atom is -0.325 e. The summed E-state index contributed by atoms with van der Waals surface area (Å²) >= 11 is 1.63. The third-order valence-corrected chi connectivity index (χ3v) is 4.33. The van der Waals surface area contributed by atoms with Crippen molar-refractivity contribution in [3.63, 3.8) is 0 Å². The summed E-state index contributed by atoms with van der Waals surface area (Å²) in [6.45, 7) is 0.573. The molecule has 2 aliphatic rings. The van der Waals surface area contributed by atoms with Crippen molar-refractivity contribution < 1.29 is 9.59 Å². The van der Waals surface area contributed by atoms with Gasteiger partial charge < -0.3 is 4.90 Å². The number of benzene rings is 1. The van der Waals surface area contributed by atoms with Crippen LogP contribution in [0.1, 0.15) is 23.2 Å². The fourth-order valence-electron chi connectivity index (χ4n) is 2.18. The van der Waals surface area contributed by atoms with Crippen LogP contribution in [-0.2, 0) is 4.79 Å². The monoisotopic (exact) mass is 233 g/mol. The molecule has 1 aromatic rings. The molecule has 0 radical (unpaired) electrons. The Hall–Kier alpha value is -1.29. The van der Waals surface area contributed by atoms with Crippen molar-refractivity contribution in [2.75, 3.05) is 6.54 Å². The highest BCUT2D eigenvalue weighted by Crippen LogP contribution is 2.38. The summed E-state index contributed by atoms with van der Waals surface area (Å²) in [5.41, 5.74) is 0.776. The predicted octanol–water partition coefficient (Wildman–Crippen LogP) is 1.92. The van der Waals surface area contributed by atoms with E-state index in [2.05, 4.69) is 0 Å². The molecular weight excluding hydrogens is 222 g/mol. The minimum absolute atomic E-state index is 0.0173. The SMILES string of the molecule is O=C1CCN2C(=O)c3ccccc3SC2C1. The van der Waals surface area contributed by atoms with E-state index < -0.39 is 0 Å². The van der Waals surface area contributed by atoms with Crippen molar-refractivity contribution in [1.82, 2.24) is 4.90 Å². The highest BCUT2D eigenvalue weighted by molar-refractivity contribution is 8.00. The first-order chi connectivity index (χ1) is 7.75. The van der Waals surface area contributed by atoms with E-state index >= 15 is 0 Å². The Labute approximate surface area is 97.8 Å². The van der Waals surface area contributed by atoms with Gasteiger partial charge in [-0.15, -0.1) is 0 Å². The van der Waals surface area contributed by atoms with E-state index in [0.29, 0.717) is 19.4 Å². The second-order valence-electron chi connectivity index (χ2n) is 4.06. The van der Waals surface area contributed by atoms with Crippen molar-refractivity contribution in [3.05, 3.63) is 29.8 Å². The average molecular weight is 233 g/mol. The standard InChI is InChI=1S/C12H11NO2S/c14-8-5-6-13-11(7-8)16-10-4-2-1-3-9(10)12(13)15/h1-4,11H,5-7H2. The highest BCUT2D eigenvalue weighted by Gasteiger charge is 2.36. The Bertz CT molecular complexity index is 472. The first kappa shape index (κ1) is 9.90. The maximum atomic E-state index is 12.2. The number of piperidine rings is 1. The molecule has 0 bridgehead atoms. The number of Topliss-reactive ketones (excluding diaryl/α,β-unsaturated/α-hetero) is 1. The minimum atomic E-state index is 0.0173. The van der Waals surface area contributed by atoms with E-state index in [4.69, 9.17) is 0 Å². The molecule has 1 unspecified atom stereocenters. The number of hydrogen-bond donors (Lipinski definition) is 0. The van der Waals surface area contributed by atoms with Gasteiger partial charge in [0.1, 0.15) is 5.78 Å². The summed E-state index contributed by atoms with van der Waals surface area (Å²) in [5, 5.41) is 0.0173. The molecule has 0 aromatic heterocycles. The number of thioether (sulfide) groups is 1. The molecule has 0 saturated carbocycles. The number of carbonyl (C=O) groups excluding carboxylic acids is 2. The maximum absolute atomic E-state index is 12.2. The molecule has 0 spiro atoms. The molecule has 0 aliphatic carbocycles. The van der Waals surface area contributed by atoms with Crippen LogP contribution in [0, 0.1) is 0 Å². The van der Waals surface area contributed by atoms with E-state index in [1.54, 1.807) is 11.8 Å². The molecule has 2 heterocycles. The summed E-state index contributed by atoms with van der Waals surface area (Å²) < 4.78 is 0. The number of fused-ring (bicyclic) bond motifs is 2. The molecule has 1 fully saturated rings. The van der Waals surface area contributed by atoms with Gasteiger partial charge in [0, 0.05) is 24.3 Å². The molecule has 82 valence electrons. The van der Waals surface area contributed by atoms with Crippen LogP contribution in [0.4, 0.5) is 0 Å². The van der Waals surface area contributed by atoms with Crippen LogP contribution in [0.5, 0.6) is 0 Å². The van der Waals surface area contributed by atoms with Gasteiger partial charge in [-0.25, -0.2) is 0 Å². The summed E-state index contributed by atoms with van der Waals surface area (Å²) in [6.07, 6.45) is 0.996. The van der Waals surface area contributed by atoms with Gasteiger partial charge in [-0.2, -0.15) is 0 Å². The lowest BCUT2D eigenvalue weighted by Crippen LogP contribution is -2.46. The van der Waals surface area contributed by atoms with E-state index in [1.807, 2.05) is 29.2 Å². The van der Waals surface area contributed by atoms with E-state index in [1.165, 1.54) is 0 Å². The van der Waals surface area contributed by atoms with Crippen molar-refractivity contribution in [2.24, 2.45) is 0 Å². The maximum Gasteiger partial charge on any atom is 0.255 e. The molecule has 2 aliphatic heterocycles. The molecule has 4 heteroatoms. The summed E-state index contributed by atoms with van der Waals surface area (Å²) in [6, 6.07) is 7.62. The third-order valence-electron chi connectivity index (χ3n) is 3.02. The Morgan fingerprint density at radius 2 is 2.06 bits per heavy atom. The summed E-state index contributed by atoms with van der Waals surface area (Å²) in [7, 11) is 0. The van der Waals surface area contributed by atoms with Gasteiger partial charge in [-0.05, 0) is 12.1 Å². The van der Waals surface area contributed by atoms with Crippen LogP contribution < -0.4 is 0 Å². The zero-order chi connectivity index (χ0) is 11.1. The average Bonchev–Trinajstić information content (AvgIpc) is 2.29. The number of hydrogen-bond acceptors (Lipinski definition) is 3. The first-order valence-electron chi connectivity index (χ1n) is 5.34. The second-order valence-corrected chi connectivity index (χ2v) is 5.28. The van der Waals surface area contributed by atoms with Gasteiger partial charge in [-0.3, -0.25) is 9.59 Å². The Morgan fingerprint density at radius 1 is 1.25 bits per heavy atom. The number of rotatable bonds is 0. The van der Waals surface area contributed by atoms with Crippen LogP contribution in [0.25, 0.3) is 0 Å². The lowest BCUT2D eigenvalue weighted by Gasteiger charge is -2.38. The lowest BCUT2D eigenvalue weighted by molar-refractivity contribution is -0.121. The van der Waals surface area contributed by atoms with Gasteiger partial charge in [-0.1, -0.05) is 23.9 Å². The molecular formula is C12H11NO2S. The molecule has 1 amide bonds. The Morgan fingerprint density at radius 3 is 2.94 bits per heavy atom. The Kier molecular flexibility index (Phi) is 2.24. The van der Waals surface area contributed by atoms with Gasteiger partial charge in [0.25, 0.3) is 5.91 Å². The quantitative estimate of drug-likeness (QED) is 0.687. The summed E-state index contributed by atoms with van der Waals surface area (Å²) in [4.78, 5) is 26.4. The number of amides is 1. The zero-order valence-electron chi connectivity index (χ0n) is 8.68. The second kappa shape index (κ2) is 3.63. The van der Waals surface area contributed by atoms with Crippen molar-refractivity contribution in [3.8, 4) is 0 Å². The normalized spacial score (nSPS) is 24.0. The lowest BCUT2D eigenvalue weighted by atomic mass is 10.1.